The molecule has 2 aromatic heterocycles. The van der Waals surface area contributed by atoms with E-state index in [0.717, 1.165) is 32.0 Å². The van der Waals surface area contributed by atoms with Crippen molar-refractivity contribution in [2.45, 2.75) is 26.8 Å². The highest BCUT2D eigenvalue weighted by Gasteiger charge is 2.25. The quantitative estimate of drug-likeness (QED) is 0.729. The van der Waals surface area contributed by atoms with E-state index in [1.54, 1.807) is 35.6 Å². The molecular formula is C20H20N4O3S. The molecular weight excluding hydrogens is 376 g/mol. The standard InChI is InChI=1S/C20H20N4O3S/c1-3-27-20(26)24-7-6-15-13(11-24)9-21-10-16(15)19(25)23-14-4-5-17-18(8-14)28-12(2)22-17/h4-5,8-10H,3,6-7,11H2,1-2H3,(H,23,25). The lowest BCUT2D eigenvalue weighted by Crippen LogP contribution is -2.37. The van der Waals surface area contributed by atoms with Crippen molar-refractivity contribution in [2.75, 3.05) is 18.5 Å². The van der Waals surface area contributed by atoms with Crippen LogP contribution in [0.1, 0.15) is 33.4 Å². The summed E-state index contributed by atoms with van der Waals surface area (Å²) in [6.07, 6.45) is 3.55. The van der Waals surface area contributed by atoms with Crippen LogP contribution in [0.3, 0.4) is 0 Å². The average Bonchev–Trinajstić information content (AvgIpc) is 3.06. The van der Waals surface area contributed by atoms with Gasteiger partial charge in [0.05, 0.1) is 33.9 Å². The van der Waals surface area contributed by atoms with Gasteiger partial charge in [-0.3, -0.25) is 9.78 Å². The Bertz CT molecular complexity index is 1060. The molecule has 8 heteroatoms. The first-order chi connectivity index (χ1) is 13.5. The zero-order valence-electron chi connectivity index (χ0n) is 15.7. The Morgan fingerprint density at radius 2 is 2.18 bits per heavy atom. The summed E-state index contributed by atoms with van der Waals surface area (Å²) in [7, 11) is 0. The van der Waals surface area contributed by atoms with Gasteiger partial charge in [0.15, 0.2) is 0 Å². The Hall–Kier alpha value is -3.00. The number of fused-ring (bicyclic) bond motifs is 2. The predicted octanol–water partition coefficient (Wildman–Crippen LogP) is 3.77. The average molecular weight is 396 g/mol. The van der Waals surface area contributed by atoms with Gasteiger partial charge in [0.25, 0.3) is 5.91 Å². The molecule has 1 aliphatic rings. The van der Waals surface area contributed by atoms with Crippen LogP contribution in [0.2, 0.25) is 0 Å². The number of thiazole rings is 1. The molecule has 7 nitrogen and oxygen atoms in total. The predicted molar refractivity (Wildman–Crippen MR) is 108 cm³/mol. The SMILES string of the molecule is CCOC(=O)N1CCc2c(cncc2C(=O)Nc2ccc3nc(C)sc3c2)C1. The summed E-state index contributed by atoms with van der Waals surface area (Å²) in [6.45, 7) is 5.00. The Balaban J connectivity index is 1.55. The van der Waals surface area contributed by atoms with Gasteiger partial charge < -0.3 is 15.0 Å². The number of hydrogen-bond acceptors (Lipinski definition) is 6. The van der Waals surface area contributed by atoms with Crippen LogP contribution in [0.15, 0.2) is 30.6 Å². The number of nitrogens with zero attached hydrogens (tertiary/aromatic N) is 3. The monoisotopic (exact) mass is 396 g/mol. The molecule has 0 saturated heterocycles. The minimum atomic E-state index is -0.337. The smallest absolute Gasteiger partial charge is 0.410 e. The van der Waals surface area contributed by atoms with Crippen LogP contribution >= 0.6 is 11.3 Å². The number of anilines is 1. The number of amides is 2. The molecule has 144 valence electrons. The van der Waals surface area contributed by atoms with Crippen LogP contribution < -0.4 is 5.32 Å². The largest absolute Gasteiger partial charge is 0.450 e. The molecule has 0 atom stereocenters. The minimum absolute atomic E-state index is 0.200. The highest BCUT2D eigenvalue weighted by Crippen LogP contribution is 2.26. The number of carbonyl (C=O) groups is 2. The molecule has 1 aromatic carbocycles. The van der Waals surface area contributed by atoms with Crippen LogP contribution in [0, 0.1) is 6.92 Å². The number of ether oxygens (including phenoxy) is 1. The number of aryl methyl sites for hydroxylation is 1. The molecule has 0 bridgehead atoms. The van der Waals surface area contributed by atoms with Gasteiger partial charge in [-0.25, -0.2) is 9.78 Å². The van der Waals surface area contributed by atoms with Crippen molar-refractivity contribution in [2.24, 2.45) is 0 Å². The molecule has 3 heterocycles. The van der Waals surface area contributed by atoms with E-state index in [1.165, 1.54) is 0 Å². The molecule has 3 aromatic rings. The van der Waals surface area contributed by atoms with Crippen molar-refractivity contribution in [1.29, 1.82) is 0 Å². The summed E-state index contributed by atoms with van der Waals surface area (Å²) in [5.41, 5.74) is 4.01. The Labute approximate surface area is 166 Å². The van der Waals surface area contributed by atoms with E-state index >= 15 is 0 Å². The zero-order valence-corrected chi connectivity index (χ0v) is 16.5. The molecule has 2 amide bonds. The normalized spacial score (nSPS) is 13.3. The van der Waals surface area contributed by atoms with Crippen molar-refractivity contribution in [1.82, 2.24) is 14.9 Å². The maximum atomic E-state index is 12.9. The second-order valence-electron chi connectivity index (χ2n) is 6.56. The molecule has 0 radical (unpaired) electrons. The number of carbonyl (C=O) groups excluding carboxylic acids is 2. The van der Waals surface area contributed by atoms with Crippen LogP contribution in [-0.4, -0.2) is 40.0 Å². The van der Waals surface area contributed by atoms with Gasteiger partial charge in [-0.05, 0) is 49.6 Å². The molecule has 0 saturated carbocycles. The third-order valence-electron chi connectivity index (χ3n) is 4.66. The topological polar surface area (TPSA) is 84.4 Å². The van der Waals surface area contributed by atoms with E-state index in [-0.39, 0.29) is 12.0 Å². The molecule has 4 rings (SSSR count). The lowest BCUT2D eigenvalue weighted by Gasteiger charge is -2.28. The highest BCUT2D eigenvalue weighted by molar-refractivity contribution is 7.18. The Kier molecular flexibility index (Phi) is 4.95. The molecule has 28 heavy (non-hydrogen) atoms. The second kappa shape index (κ2) is 7.55. The van der Waals surface area contributed by atoms with E-state index in [0.29, 0.717) is 31.7 Å². The lowest BCUT2D eigenvalue weighted by molar-refractivity contribution is 0.101. The minimum Gasteiger partial charge on any atom is -0.450 e. The summed E-state index contributed by atoms with van der Waals surface area (Å²) >= 11 is 1.59. The maximum Gasteiger partial charge on any atom is 0.410 e. The fourth-order valence-electron chi connectivity index (χ4n) is 3.38. The molecule has 1 N–H and O–H groups in total. The number of pyridine rings is 1. The molecule has 1 aliphatic heterocycles. The summed E-state index contributed by atoms with van der Waals surface area (Å²) in [6, 6.07) is 5.69. The van der Waals surface area contributed by atoms with Crippen molar-refractivity contribution in [3.05, 3.63) is 52.3 Å². The summed E-state index contributed by atoms with van der Waals surface area (Å²) in [4.78, 5) is 35.1. The van der Waals surface area contributed by atoms with Crippen molar-refractivity contribution in [3.8, 4) is 0 Å². The maximum absolute atomic E-state index is 12.9. The van der Waals surface area contributed by atoms with E-state index in [4.69, 9.17) is 4.74 Å². The second-order valence-corrected chi connectivity index (χ2v) is 7.80. The van der Waals surface area contributed by atoms with Gasteiger partial charge in [-0.1, -0.05) is 0 Å². The number of rotatable bonds is 3. The van der Waals surface area contributed by atoms with Crippen molar-refractivity contribution in [3.63, 3.8) is 0 Å². The van der Waals surface area contributed by atoms with E-state index < -0.39 is 0 Å². The number of hydrogen-bond donors (Lipinski definition) is 1. The highest BCUT2D eigenvalue weighted by atomic mass is 32.1. The van der Waals surface area contributed by atoms with E-state index in [9.17, 15) is 9.59 Å². The van der Waals surface area contributed by atoms with Gasteiger partial charge in [0.2, 0.25) is 0 Å². The third-order valence-corrected chi connectivity index (χ3v) is 5.60. The molecule has 0 unspecified atom stereocenters. The van der Waals surface area contributed by atoms with Crippen molar-refractivity contribution >= 4 is 39.2 Å². The summed E-state index contributed by atoms with van der Waals surface area (Å²) in [5, 5.41) is 3.95. The van der Waals surface area contributed by atoms with E-state index in [1.807, 2.05) is 25.1 Å². The number of benzene rings is 1. The summed E-state index contributed by atoms with van der Waals surface area (Å²) < 4.78 is 6.11. The van der Waals surface area contributed by atoms with Crippen LogP contribution in [-0.2, 0) is 17.7 Å². The molecule has 0 fully saturated rings. The Morgan fingerprint density at radius 1 is 1.32 bits per heavy atom. The first-order valence-corrected chi connectivity index (χ1v) is 9.93. The molecule has 0 spiro atoms. The fraction of sp³-hybridized carbons (Fsp3) is 0.300. The number of nitrogens with one attached hydrogen (secondary N) is 1. The Morgan fingerprint density at radius 3 is 3.00 bits per heavy atom. The van der Waals surface area contributed by atoms with Gasteiger partial charge in [-0.2, -0.15) is 0 Å². The first-order valence-electron chi connectivity index (χ1n) is 9.11. The third kappa shape index (κ3) is 3.55. The summed E-state index contributed by atoms with van der Waals surface area (Å²) in [5.74, 6) is -0.200. The van der Waals surface area contributed by atoms with Crippen LogP contribution in [0.4, 0.5) is 10.5 Å². The van der Waals surface area contributed by atoms with Crippen LogP contribution in [0.5, 0.6) is 0 Å². The van der Waals surface area contributed by atoms with Gasteiger partial charge in [0, 0.05) is 24.6 Å². The van der Waals surface area contributed by atoms with Crippen LogP contribution in [0.25, 0.3) is 10.2 Å². The van der Waals surface area contributed by atoms with Crippen molar-refractivity contribution < 1.29 is 14.3 Å². The first kappa shape index (κ1) is 18.4. The fourth-order valence-corrected chi connectivity index (χ4v) is 4.24. The van der Waals surface area contributed by atoms with Gasteiger partial charge in [-0.15, -0.1) is 11.3 Å². The number of aromatic nitrogens is 2. The molecule has 0 aliphatic carbocycles. The van der Waals surface area contributed by atoms with Gasteiger partial charge >= 0.3 is 6.09 Å². The zero-order chi connectivity index (χ0) is 19.7. The van der Waals surface area contributed by atoms with E-state index in [2.05, 4.69) is 15.3 Å². The lowest BCUT2D eigenvalue weighted by atomic mass is 9.97. The van der Waals surface area contributed by atoms with Gasteiger partial charge in [0.1, 0.15) is 0 Å².